The lowest BCUT2D eigenvalue weighted by molar-refractivity contribution is -0.131. The van der Waals surface area contributed by atoms with Gasteiger partial charge in [0.2, 0.25) is 29.5 Å². The number of phenols is 1. The Hall–Kier alpha value is -3.32. The number of aromatic hydroxyl groups is 1. The van der Waals surface area contributed by atoms with Crippen LogP contribution in [0.4, 0.5) is 0 Å². The second-order valence-electron chi connectivity index (χ2n) is 7.51. The Morgan fingerprint density at radius 1 is 0.971 bits per heavy atom. The van der Waals surface area contributed by atoms with Gasteiger partial charge in [-0.2, -0.15) is 11.8 Å². The molecule has 0 aromatic heterocycles. The minimum absolute atomic E-state index is 0.0599. The second kappa shape index (κ2) is 14.8. The summed E-state index contributed by atoms with van der Waals surface area (Å²) in [5.41, 5.74) is 11.7. The van der Waals surface area contributed by atoms with Crippen molar-refractivity contribution in [2.45, 2.75) is 37.9 Å². The first kappa shape index (κ1) is 28.7. The third-order valence-electron chi connectivity index (χ3n) is 4.65. The Morgan fingerprint density at radius 2 is 1.59 bits per heavy atom. The van der Waals surface area contributed by atoms with Crippen LogP contribution in [-0.2, 0) is 30.4 Å². The van der Waals surface area contributed by atoms with E-state index < -0.39 is 60.8 Å². The standard InChI is InChI=1S/C21H32N6O6S/c1-12(26-21(33)15(22)7-8-34-2)20(32)25-10-17(29)24-11-18(30)27-16(19(23)31)9-13-3-5-14(28)6-4-13/h3-6,12,15-16,28H,7-11,22H2,1-2H3,(H2,23,31)(H,24,29)(H,25,32)(H,26,33)(H,27,30)/t12-,15-,16-/m0/s1. The van der Waals surface area contributed by atoms with Crippen molar-refractivity contribution >= 4 is 41.3 Å². The summed E-state index contributed by atoms with van der Waals surface area (Å²) < 4.78 is 0. The van der Waals surface area contributed by atoms with Crippen LogP contribution in [0.3, 0.4) is 0 Å². The van der Waals surface area contributed by atoms with E-state index in [2.05, 4.69) is 21.3 Å². The summed E-state index contributed by atoms with van der Waals surface area (Å²) in [4.78, 5) is 59.7. The van der Waals surface area contributed by atoms with Gasteiger partial charge in [0.25, 0.3) is 0 Å². The zero-order valence-electron chi connectivity index (χ0n) is 19.1. The summed E-state index contributed by atoms with van der Waals surface area (Å²) in [7, 11) is 0. The fourth-order valence-corrected chi connectivity index (χ4v) is 3.15. The molecule has 188 valence electrons. The molecule has 1 aromatic rings. The number of nitrogens with two attached hydrogens (primary N) is 2. The van der Waals surface area contributed by atoms with Crippen molar-refractivity contribution in [1.82, 2.24) is 21.3 Å². The van der Waals surface area contributed by atoms with E-state index in [1.807, 2.05) is 6.26 Å². The number of nitrogens with one attached hydrogen (secondary N) is 4. The Kier molecular flexibility index (Phi) is 12.5. The van der Waals surface area contributed by atoms with Gasteiger partial charge in [-0.05, 0) is 43.0 Å². The number of carbonyl (C=O) groups is 5. The highest BCUT2D eigenvalue weighted by molar-refractivity contribution is 7.98. The molecule has 0 saturated carbocycles. The molecule has 3 atom stereocenters. The molecule has 0 unspecified atom stereocenters. The quantitative estimate of drug-likeness (QED) is 0.149. The SMILES string of the molecule is CSCC[C@H](N)C(=O)N[C@@H](C)C(=O)NCC(=O)NCC(=O)N[C@@H](Cc1ccc(O)cc1)C(N)=O. The van der Waals surface area contributed by atoms with Gasteiger partial charge < -0.3 is 37.8 Å². The molecule has 0 aliphatic heterocycles. The van der Waals surface area contributed by atoms with Gasteiger partial charge in [-0.25, -0.2) is 0 Å². The smallest absolute Gasteiger partial charge is 0.242 e. The van der Waals surface area contributed by atoms with Crippen molar-refractivity contribution in [2.75, 3.05) is 25.1 Å². The van der Waals surface area contributed by atoms with E-state index in [4.69, 9.17) is 11.5 Å². The van der Waals surface area contributed by atoms with Crippen molar-refractivity contribution in [3.63, 3.8) is 0 Å². The zero-order chi connectivity index (χ0) is 25.7. The normalized spacial score (nSPS) is 13.1. The molecule has 0 saturated heterocycles. The highest BCUT2D eigenvalue weighted by Crippen LogP contribution is 2.11. The number of rotatable bonds is 14. The number of primary amides is 1. The van der Waals surface area contributed by atoms with E-state index in [1.165, 1.54) is 19.1 Å². The van der Waals surface area contributed by atoms with Gasteiger partial charge in [0.1, 0.15) is 17.8 Å². The van der Waals surface area contributed by atoms with Gasteiger partial charge in [-0.15, -0.1) is 0 Å². The third kappa shape index (κ3) is 11.0. The van der Waals surface area contributed by atoms with Crippen LogP contribution >= 0.6 is 11.8 Å². The van der Waals surface area contributed by atoms with Crippen LogP contribution in [0.2, 0.25) is 0 Å². The molecular formula is C21H32N6O6S. The molecule has 0 aliphatic carbocycles. The lowest BCUT2D eigenvalue weighted by Crippen LogP contribution is -2.52. The van der Waals surface area contributed by atoms with Crippen LogP contribution in [0.25, 0.3) is 0 Å². The van der Waals surface area contributed by atoms with E-state index in [0.717, 1.165) is 0 Å². The van der Waals surface area contributed by atoms with E-state index in [0.29, 0.717) is 17.7 Å². The Labute approximate surface area is 202 Å². The van der Waals surface area contributed by atoms with Gasteiger partial charge in [0, 0.05) is 6.42 Å². The summed E-state index contributed by atoms with van der Waals surface area (Å²) in [6.07, 6.45) is 2.47. The third-order valence-corrected chi connectivity index (χ3v) is 5.29. The number of phenolic OH excluding ortho intramolecular Hbond substituents is 1. The van der Waals surface area contributed by atoms with Crippen molar-refractivity contribution in [2.24, 2.45) is 11.5 Å². The van der Waals surface area contributed by atoms with Crippen LogP contribution in [-0.4, -0.2) is 77.9 Å². The maximum Gasteiger partial charge on any atom is 0.242 e. The molecule has 0 heterocycles. The van der Waals surface area contributed by atoms with Crippen molar-refractivity contribution in [3.8, 4) is 5.75 Å². The molecule has 9 N–H and O–H groups in total. The number of hydrogen-bond donors (Lipinski definition) is 7. The molecule has 12 nitrogen and oxygen atoms in total. The summed E-state index contributed by atoms with van der Waals surface area (Å²) >= 11 is 1.55. The first-order valence-electron chi connectivity index (χ1n) is 10.5. The van der Waals surface area contributed by atoms with E-state index in [1.54, 1.807) is 23.9 Å². The minimum Gasteiger partial charge on any atom is -0.508 e. The summed E-state index contributed by atoms with van der Waals surface area (Å²) in [5.74, 6) is -2.34. The monoisotopic (exact) mass is 496 g/mol. The maximum absolute atomic E-state index is 12.1. The fourth-order valence-electron chi connectivity index (χ4n) is 2.66. The fraction of sp³-hybridized carbons (Fsp3) is 0.476. The number of carbonyl (C=O) groups excluding carboxylic acids is 5. The highest BCUT2D eigenvalue weighted by Gasteiger charge is 2.21. The van der Waals surface area contributed by atoms with Gasteiger partial charge in [-0.1, -0.05) is 12.1 Å². The molecule has 0 bridgehead atoms. The predicted octanol–water partition coefficient (Wildman–Crippen LogP) is -2.28. The van der Waals surface area contributed by atoms with Crippen LogP contribution in [0.5, 0.6) is 5.75 Å². The van der Waals surface area contributed by atoms with Gasteiger partial charge in [0.05, 0.1) is 19.1 Å². The largest absolute Gasteiger partial charge is 0.508 e. The minimum atomic E-state index is -1.01. The lowest BCUT2D eigenvalue weighted by atomic mass is 10.1. The molecule has 0 fully saturated rings. The lowest BCUT2D eigenvalue weighted by Gasteiger charge is -2.17. The van der Waals surface area contributed by atoms with Crippen LogP contribution in [0.15, 0.2) is 24.3 Å². The Morgan fingerprint density at radius 3 is 2.18 bits per heavy atom. The molecule has 1 rings (SSSR count). The average Bonchev–Trinajstić information content (AvgIpc) is 2.80. The first-order valence-corrected chi connectivity index (χ1v) is 11.9. The van der Waals surface area contributed by atoms with Crippen molar-refractivity contribution in [1.29, 1.82) is 0 Å². The molecule has 5 amide bonds. The van der Waals surface area contributed by atoms with Crippen LogP contribution in [0.1, 0.15) is 18.9 Å². The zero-order valence-corrected chi connectivity index (χ0v) is 19.9. The summed E-state index contributed by atoms with van der Waals surface area (Å²) in [6.45, 7) is 0.597. The number of amides is 5. The molecule has 0 aliphatic rings. The number of benzene rings is 1. The molecule has 0 spiro atoms. The highest BCUT2D eigenvalue weighted by atomic mass is 32.2. The van der Waals surface area contributed by atoms with Gasteiger partial charge >= 0.3 is 0 Å². The second-order valence-corrected chi connectivity index (χ2v) is 8.49. The molecule has 0 radical (unpaired) electrons. The van der Waals surface area contributed by atoms with E-state index in [-0.39, 0.29) is 12.2 Å². The first-order chi connectivity index (χ1) is 16.0. The Bertz CT molecular complexity index is 866. The van der Waals surface area contributed by atoms with E-state index >= 15 is 0 Å². The maximum atomic E-state index is 12.1. The van der Waals surface area contributed by atoms with E-state index in [9.17, 15) is 29.1 Å². The van der Waals surface area contributed by atoms with Crippen LogP contribution in [0, 0.1) is 0 Å². The number of hydrogen-bond acceptors (Lipinski definition) is 8. The Balaban J connectivity index is 2.39. The molecule has 1 aromatic carbocycles. The molecular weight excluding hydrogens is 464 g/mol. The summed E-state index contributed by atoms with van der Waals surface area (Å²) in [6, 6.07) is 3.40. The van der Waals surface area contributed by atoms with Gasteiger partial charge in [0.15, 0.2) is 0 Å². The summed E-state index contributed by atoms with van der Waals surface area (Å²) in [5, 5.41) is 18.9. The topological polar surface area (TPSA) is 206 Å². The van der Waals surface area contributed by atoms with Gasteiger partial charge in [-0.3, -0.25) is 24.0 Å². The predicted molar refractivity (Wildman–Crippen MR) is 128 cm³/mol. The number of thioether (sulfide) groups is 1. The van der Waals surface area contributed by atoms with Crippen molar-refractivity contribution < 1.29 is 29.1 Å². The average molecular weight is 497 g/mol. The molecule has 34 heavy (non-hydrogen) atoms. The van der Waals surface area contributed by atoms with Crippen molar-refractivity contribution in [3.05, 3.63) is 29.8 Å². The van der Waals surface area contributed by atoms with Crippen LogP contribution < -0.4 is 32.7 Å². The molecule has 13 heteroatoms.